The Morgan fingerprint density at radius 3 is 1.72 bits per heavy atom. The highest BCUT2D eigenvalue weighted by Crippen LogP contribution is 2.11. The largest absolute Gasteiger partial charge is 0.923 e. The molecule has 0 bridgehead atoms. The highest BCUT2D eigenvalue weighted by atomic mass is 28.4. The Labute approximate surface area is 222 Å². The zero-order valence-electron chi connectivity index (χ0n) is 22.8. The van der Waals surface area contributed by atoms with Crippen LogP contribution in [0.15, 0.2) is 0 Å². The molecule has 0 aromatic carbocycles. The fraction of sp³-hybridized carbons (Fsp3) is 0.957. The van der Waals surface area contributed by atoms with Gasteiger partial charge in [-0.1, -0.05) is 0 Å². The van der Waals surface area contributed by atoms with E-state index in [0.717, 1.165) is 38.5 Å². The third kappa shape index (κ3) is 25.1. The molecular formula is C23H49N2O9Si2+. The van der Waals surface area contributed by atoms with E-state index in [0.29, 0.717) is 79.2 Å². The summed E-state index contributed by atoms with van der Waals surface area (Å²) in [6.45, 7) is 13.1. The van der Waals surface area contributed by atoms with Crippen LogP contribution in [0.1, 0.15) is 12.8 Å². The molecule has 13 heteroatoms. The van der Waals surface area contributed by atoms with E-state index >= 15 is 0 Å². The molecule has 0 fully saturated rings. The van der Waals surface area contributed by atoms with Gasteiger partial charge in [0.05, 0.1) is 72.7 Å². The number of nitrogens with zero attached hydrogens (tertiary/aromatic N) is 1. The molecule has 0 aliphatic carbocycles. The maximum Gasteiger partial charge on any atom is 0.923 e. The van der Waals surface area contributed by atoms with Crippen LogP contribution in [0.4, 0.5) is 4.79 Å². The van der Waals surface area contributed by atoms with Gasteiger partial charge in [0.25, 0.3) is 0 Å². The van der Waals surface area contributed by atoms with E-state index in [-0.39, 0.29) is 6.09 Å². The molecule has 1 amide bonds. The fourth-order valence-corrected chi connectivity index (χ4v) is 4.35. The Hall–Kier alpha value is -0.616. The minimum absolute atomic E-state index is 0.356. The minimum atomic E-state index is -1.67. The zero-order valence-corrected chi connectivity index (χ0v) is 24.8. The molecule has 11 nitrogen and oxygen atoms in total. The number of hydrogen-bond donors (Lipinski definition) is 1. The average Bonchev–Trinajstić information content (AvgIpc) is 2.87. The van der Waals surface area contributed by atoms with Crippen LogP contribution in [0.25, 0.3) is 0 Å². The standard InChI is InChI=1S/C23H49N2O9Si2/c1-27-14-16-31-20-18-29-12-9-25(10-13-30-19-21-32-17-15-28-2)8-6-11-33-23(26)24-7-5-22-36(3,4)34-35/h5-22H2,1-4H3,(H,24,26)/q+1. The van der Waals surface area contributed by atoms with Crippen LogP contribution in [0.2, 0.25) is 19.1 Å². The second-order valence-electron chi connectivity index (χ2n) is 8.66. The predicted molar refractivity (Wildman–Crippen MR) is 141 cm³/mol. The Bertz CT molecular complexity index is 475. The highest BCUT2D eigenvalue weighted by Gasteiger charge is 2.27. The third-order valence-corrected chi connectivity index (χ3v) is 8.83. The monoisotopic (exact) mass is 553 g/mol. The molecule has 1 N–H and O–H groups in total. The normalized spacial score (nSPS) is 11.8. The highest BCUT2D eigenvalue weighted by molar-refractivity contribution is 6.73. The first kappa shape index (κ1) is 35.4. The SMILES string of the molecule is COCCOCCOCCN(CCCOC(=O)NCCC[Si](C)(C)O[Si+])CCOCCOCCOC. The van der Waals surface area contributed by atoms with Gasteiger partial charge in [-0.2, -0.15) is 0 Å². The molecule has 0 aliphatic heterocycles. The molecule has 0 saturated carbocycles. The number of methoxy groups -OCH3 is 2. The molecule has 36 heavy (non-hydrogen) atoms. The smallest absolute Gasteiger partial charge is 0.450 e. The molecular weight excluding hydrogens is 504 g/mol. The molecule has 0 atom stereocenters. The van der Waals surface area contributed by atoms with Crippen molar-refractivity contribution in [3.8, 4) is 0 Å². The van der Waals surface area contributed by atoms with Gasteiger partial charge in [0.15, 0.2) is 0 Å². The lowest BCUT2D eigenvalue weighted by Crippen LogP contribution is -2.34. The Morgan fingerprint density at radius 1 is 0.722 bits per heavy atom. The summed E-state index contributed by atoms with van der Waals surface area (Å²) in [7, 11) is 4.76. The summed E-state index contributed by atoms with van der Waals surface area (Å²) >= 11 is 0. The molecule has 0 aliphatic rings. The van der Waals surface area contributed by atoms with E-state index in [1.54, 1.807) is 14.2 Å². The molecule has 0 rings (SSSR count). The lowest BCUT2D eigenvalue weighted by Gasteiger charge is -2.22. The maximum absolute atomic E-state index is 11.9. The van der Waals surface area contributed by atoms with Crippen LogP contribution in [0, 0.1) is 0 Å². The van der Waals surface area contributed by atoms with Crippen molar-refractivity contribution < 1.29 is 42.1 Å². The third-order valence-electron chi connectivity index (χ3n) is 5.06. The van der Waals surface area contributed by atoms with Crippen molar-refractivity contribution in [2.24, 2.45) is 0 Å². The van der Waals surface area contributed by atoms with E-state index in [4.69, 9.17) is 37.3 Å². The van der Waals surface area contributed by atoms with Crippen molar-refractivity contribution in [1.82, 2.24) is 10.2 Å². The number of ether oxygens (including phenoxy) is 7. The van der Waals surface area contributed by atoms with Gasteiger partial charge in [0.1, 0.15) is 0 Å². The van der Waals surface area contributed by atoms with Gasteiger partial charge in [-0.05, 0) is 32.0 Å². The first-order valence-electron chi connectivity index (χ1n) is 12.7. The Balaban J connectivity index is 4.05. The topological polar surface area (TPSA) is 106 Å². The number of rotatable bonds is 27. The van der Waals surface area contributed by atoms with Crippen LogP contribution >= 0.6 is 0 Å². The van der Waals surface area contributed by atoms with Gasteiger partial charge in [-0.3, -0.25) is 4.90 Å². The summed E-state index contributed by atoms with van der Waals surface area (Å²) < 4.78 is 42.7. The summed E-state index contributed by atoms with van der Waals surface area (Å²) in [5, 5.41) is 2.80. The summed E-state index contributed by atoms with van der Waals surface area (Å²) in [6.07, 6.45) is 1.21. The van der Waals surface area contributed by atoms with Crippen LogP contribution in [-0.4, -0.2) is 143 Å². The van der Waals surface area contributed by atoms with Crippen molar-refractivity contribution in [3.63, 3.8) is 0 Å². The lowest BCUT2D eigenvalue weighted by molar-refractivity contribution is 0.00873. The first-order valence-corrected chi connectivity index (χ1v) is 16.2. The lowest BCUT2D eigenvalue weighted by atomic mass is 10.4. The van der Waals surface area contributed by atoms with Gasteiger partial charge in [-0.25, -0.2) is 8.91 Å². The molecule has 0 heterocycles. The first-order chi connectivity index (χ1) is 17.4. The molecule has 0 aromatic heterocycles. The van der Waals surface area contributed by atoms with Crippen LogP contribution in [-0.2, 0) is 37.3 Å². The average molecular weight is 554 g/mol. The zero-order chi connectivity index (χ0) is 26.7. The number of hydrogen-bond acceptors (Lipinski definition) is 10. The van der Waals surface area contributed by atoms with Gasteiger partial charge in [-0.15, -0.1) is 0 Å². The van der Waals surface area contributed by atoms with Crippen LogP contribution in [0.3, 0.4) is 0 Å². The maximum atomic E-state index is 11.9. The van der Waals surface area contributed by atoms with E-state index in [9.17, 15) is 4.79 Å². The summed E-state index contributed by atoms with van der Waals surface area (Å²) in [5.74, 6) is 0. The molecule has 2 radical (unpaired) electrons. The van der Waals surface area contributed by atoms with Gasteiger partial charge >= 0.3 is 16.6 Å². The molecule has 0 saturated heterocycles. The molecule has 0 unspecified atom stereocenters. The van der Waals surface area contributed by atoms with Crippen molar-refractivity contribution in [2.75, 3.05) is 113 Å². The summed E-state index contributed by atoms with van der Waals surface area (Å²) in [5.41, 5.74) is 0. The summed E-state index contributed by atoms with van der Waals surface area (Å²) in [6, 6.07) is 0.953. The van der Waals surface area contributed by atoms with Gasteiger partial charge in [0.2, 0.25) is 8.32 Å². The molecule has 0 aromatic rings. The van der Waals surface area contributed by atoms with Crippen molar-refractivity contribution >= 4 is 24.9 Å². The van der Waals surface area contributed by atoms with E-state index < -0.39 is 8.32 Å². The molecule has 0 spiro atoms. The Morgan fingerprint density at radius 2 is 1.22 bits per heavy atom. The van der Waals surface area contributed by atoms with E-state index in [1.807, 2.05) is 0 Å². The summed E-state index contributed by atoms with van der Waals surface area (Å²) in [4.78, 5) is 14.1. The molecule has 212 valence electrons. The van der Waals surface area contributed by atoms with E-state index in [1.165, 1.54) is 0 Å². The van der Waals surface area contributed by atoms with Gasteiger partial charge in [0, 0.05) is 40.4 Å². The number of alkyl carbamates (subject to hydrolysis) is 1. The number of amides is 1. The number of nitrogens with one attached hydrogen (secondary N) is 1. The van der Waals surface area contributed by atoms with E-state index in [2.05, 4.69) is 33.8 Å². The van der Waals surface area contributed by atoms with Crippen molar-refractivity contribution in [3.05, 3.63) is 0 Å². The van der Waals surface area contributed by atoms with Crippen LogP contribution < -0.4 is 5.32 Å². The Kier molecular flexibility index (Phi) is 25.6. The number of carbonyl (C=O) groups excluding carboxylic acids is 1. The van der Waals surface area contributed by atoms with Gasteiger partial charge < -0.3 is 38.5 Å². The predicted octanol–water partition coefficient (Wildman–Crippen LogP) is 1.46. The minimum Gasteiger partial charge on any atom is -0.450 e. The van der Waals surface area contributed by atoms with Crippen molar-refractivity contribution in [1.29, 1.82) is 0 Å². The second kappa shape index (κ2) is 26.0. The van der Waals surface area contributed by atoms with Crippen molar-refractivity contribution in [2.45, 2.75) is 32.0 Å². The fourth-order valence-electron chi connectivity index (χ4n) is 2.91. The quantitative estimate of drug-likeness (QED) is 0.119. The second-order valence-corrected chi connectivity index (χ2v) is 13.5. The number of carbonyl (C=O) groups is 1. The van der Waals surface area contributed by atoms with Crippen LogP contribution in [0.5, 0.6) is 0 Å².